The maximum atomic E-state index is 4.61. The van der Waals surface area contributed by atoms with E-state index in [9.17, 15) is 0 Å². The summed E-state index contributed by atoms with van der Waals surface area (Å²) in [7, 11) is 0. The average molecular weight is 289 g/mol. The van der Waals surface area contributed by atoms with Crippen LogP contribution in [0.25, 0.3) is 17.0 Å². The van der Waals surface area contributed by atoms with E-state index in [4.69, 9.17) is 0 Å². The summed E-state index contributed by atoms with van der Waals surface area (Å²) in [5, 5.41) is 6.53. The van der Waals surface area contributed by atoms with E-state index in [1.54, 1.807) is 6.33 Å². The summed E-state index contributed by atoms with van der Waals surface area (Å²) >= 11 is 0. The van der Waals surface area contributed by atoms with Gasteiger partial charge in [-0.05, 0) is 19.1 Å². The zero-order valence-corrected chi connectivity index (χ0v) is 12.1. The summed E-state index contributed by atoms with van der Waals surface area (Å²) in [5.41, 5.74) is 4.17. The molecule has 108 valence electrons. The molecule has 2 heterocycles. The van der Waals surface area contributed by atoms with Crippen molar-refractivity contribution in [1.29, 1.82) is 0 Å². The number of rotatable bonds is 3. The van der Waals surface area contributed by atoms with Crippen molar-refractivity contribution in [3.63, 3.8) is 0 Å². The Morgan fingerprint density at radius 3 is 2.55 bits per heavy atom. The average Bonchev–Trinajstić information content (AvgIpc) is 3.13. The monoisotopic (exact) mass is 289 g/mol. The molecule has 5 heteroatoms. The SMILES string of the molecule is Cc1ccc(Nc2c(-c3ccccc3)nc3nc[nH]n23)cc1. The standard InChI is InChI=1S/C17H15N5/c1-12-7-9-14(10-8-12)20-16-15(13-5-3-2-4-6-13)21-17-18-11-19-22(16)17/h2-11,20H,1H3,(H,18,19,21). The molecular formula is C17H15N5. The van der Waals surface area contributed by atoms with Crippen LogP contribution in [-0.4, -0.2) is 19.6 Å². The molecule has 0 aliphatic carbocycles. The molecule has 0 amide bonds. The molecule has 2 aromatic heterocycles. The topological polar surface area (TPSA) is 58.0 Å². The molecule has 0 bridgehead atoms. The van der Waals surface area contributed by atoms with E-state index in [1.807, 2.05) is 34.8 Å². The summed E-state index contributed by atoms with van der Waals surface area (Å²) in [6, 6.07) is 18.4. The van der Waals surface area contributed by atoms with Crippen molar-refractivity contribution < 1.29 is 0 Å². The van der Waals surface area contributed by atoms with Crippen LogP contribution in [0.2, 0.25) is 0 Å². The number of nitrogens with zero attached hydrogens (tertiary/aromatic N) is 3. The second-order valence-electron chi connectivity index (χ2n) is 5.19. The first kappa shape index (κ1) is 12.6. The number of aryl methyl sites for hydroxylation is 1. The molecule has 2 N–H and O–H groups in total. The largest absolute Gasteiger partial charge is 0.338 e. The number of hydrogen-bond acceptors (Lipinski definition) is 3. The third-order valence-electron chi connectivity index (χ3n) is 3.59. The van der Waals surface area contributed by atoms with Crippen molar-refractivity contribution in [2.24, 2.45) is 0 Å². The number of hydrogen-bond donors (Lipinski definition) is 2. The predicted octanol–water partition coefficient (Wildman–Crippen LogP) is 3.78. The highest BCUT2D eigenvalue weighted by Gasteiger charge is 2.15. The lowest BCUT2D eigenvalue weighted by atomic mass is 10.1. The first-order valence-electron chi connectivity index (χ1n) is 7.12. The van der Waals surface area contributed by atoms with Gasteiger partial charge in [-0.25, -0.2) is 14.5 Å². The summed E-state index contributed by atoms with van der Waals surface area (Å²) in [4.78, 5) is 8.85. The molecule has 22 heavy (non-hydrogen) atoms. The summed E-state index contributed by atoms with van der Waals surface area (Å²) < 4.78 is 1.85. The molecule has 0 aliphatic rings. The van der Waals surface area contributed by atoms with Crippen molar-refractivity contribution in [3.05, 3.63) is 66.5 Å². The van der Waals surface area contributed by atoms with E-state index in [2.05, 4.69) is 51.6 Å². The zero-order valence-electron chi connectivity index (χ0n) is 12.1. The van der Waals surface area contributed by atoms with Gasteiger partial charge in [-0.2, -0.15) is 0 Å². The lowest BCUT2D eigenvalue weighted by Gasteiger charge is -2.08. The van der Waals surface area contributed by atoms with Crippen LogP contribution < -0.4 is 5.32 Å². The normalized spacial score (nSPS) is 11.0. The van der Waals surface area contributed by atoms with Crippen LogP contribution in [0, 0.1) is 6.92 Å². The maximum absolute atomic E-state index is 4.61. The van der Waals surface area contributed by atoms with Crippen molar-refractivity contribution in [1.82, 2.24) is 19.6 Å². The summed E-state index contributed by atoms with van der Waals surface area (Å²) in [6.45, 7) is 2.07. The molecule has 0 radical (unpaired) electrons. The van der Waals surface area contributed by atoms with E-state index in [0.717, 1.165) is 22.8 Å². The van der Waals surface area contributed by atoms with Gasteiger partial charge >= 0.3 is 0 Å². The Morgan fingerprint density at radius 2 is 1.77 bits per heavy atom. The molecular weight excluding hydrogens is 274 g/mol. The first-order valence-corrected chi connectivity index (χ1v) is 7.12. The number of aromatic amines is 1. The maximum Gasteiger partial charge on any atom is 0.252 e. The van der Waals surface area contributed by atoms with Gasteiger partial charge < -0.3 is 5.32 Å². The number of H-pyrrole nitrogens is 1. The quantitative estimate of drug-likeness (QED) is 0.603. The van der Waals surface area contributed by atoms with Crippen LogP contribution >= 0.6 is 0 Å². The van der Waals surface area contributed by atoms with Gasteiger partial charge in [-0.1, -0.05) is 48.0 Å². The number of nitrogens with one attached hydrogen (secondary N) is 2. The van der Waals surface area contributed by atoms with Crippen molar-refractivity contribution in [3.8, 4) is 11.3 Å². The summed E-state index contributed by atoms with van der Waals surface area (Å²) in [6.07, 6.45) is 1.64. The lowest BCUT2D eigenvalue weighted by Crippen LogP contribution is -1.97. The third kappa shape index (κ3) is 2.13. The molecule has 2 aromatic carbocycles. The second kappa shape index (κ2) is 5.04. The highest BCUT2D eigenvalue weighted by Crippen LogP contribution is 2.29. The van der Waals surface area contributed by atoms with Crippen LogP contribution in [0.5, 0.6) is 0 Å². The highest BCUT2D eigenvalue weighted by molar-refractivity contribution is 5.78. The molecule has 4 rings (SSSR count). The minimum Gasteiger partial charge on any atom is -0.338 e. The van der Waals surface area contributed by atoms with E-state index in [-0.39, 0.29) is 0 Å². The van der Waals surface area contributed by atoms with Crippen LogP contribution in [0.4, 0.5) is 11.5 Å². The van der Waals surface area contributed by atoms with E-state index < -0.39 is 0 Å². The van der Waals surface area contributed by atoms with Gasteiger partial charge in [0.15, 0.2) is 5.82 Å². The molecule has 0 saturated carbocycles. The Kier molecular flexibility index (Phi) is 2.89. The molecule has 0 atom stereocenters. The Balaban J connectivity index is 1.84. The second-order valence-corrected chi connectivity index (χ2v) is 5.19. The summed E-state index contributed by atoms with van der Waals surface area (Å²) in [5.74, 6) is 1.52. The minimum absolute atomic E-state index is 0.647. The predicted molar refractivity (Wildman–Crippen MR) is 87.2 cm³/mol. The Hall–Kier alpha value is -3.08. The van der Waals surface area contributed by atoms with Crippen molar-refractivity contribution in [2.75, 3.05) is 5.32 Å². The van der Waals surface area contributed by atoms with Crippen LogP contribution in [0.3, 0.4) is 0 Å². The van der Waals surface area contributed by atoms with Crippen molar-refractivity contribution in [2.45, 2.75) is 6.92 Å². The van der Waals surface area contributed by atoms with Crippen LogP contribution in [0.15, 0.2) is 60.9 Å². The smallest absolute Gasteiger partial charge is 0.252 e. The van der Waals surface area contributed by atoms with Gasteiger partial charge in [0.25, 0.3) is 5.78 Å². The van der Waals surface area contributed by atoms with Gasteiger partial charge in [-0.15, -0.1) is 0 Å². The van der Waals surface area contributed by atoms with Gasteiger partial charge in [-0.3, -0.25) is 5.10 Å². The van der Waals surface area contributed by atoms with Gasteiger partial charge in [0, 0.05) is 11.3 Å². The Labute approximate surface area is 127 Å². The first-order chi connectivity index (χ1) is 10.8. The molecule has 5 nitrogen and oxygen atoms in total. The number of anilines is 2. The Morgan fingerprint density at radius 1 is 1.00 bits per heavy atom. The van der Waals surface area contributed by atoms with Gasteiger partial charge in [0.05, 0.1) is 0 Å². The molecule has 0 unspecified atom stereocenters. The van der Waals surface area contributed by atoms with Crippen LogP contribution in [0.1, 0.15) is 5.56 Å². The molecule has 0 aliphatic heterocycles. The number of fused-ring (bicyclic) bond motifs is 1. The molecule has 0 fully saturated rings. The van der Waals surface area contributed by atoms with E-state index in [1.165, 1.54) is 5.56 Å². The zero-order chi connectivity index (χ0) is 14.9. The van der Waals surface area contributed by atoms with Crippen LogP contribution in [-0.2, 0) is 0 Å². The minimum atomic E-state index is 0.647. The molecule has 0 spiro atoms. The van der Waals surface area contributed by atoms with E-state index >= 15 is 0 Å². The molecule has 4 aromatic rings. The molecule has 0 saturated heterocycles. The number of benzene rings is 2. The fourth-order valence-electron chi connectivity index (χ4n) is 2.45. The number of aromatic nitrogens is 4. The van der Waals surface area contributed by atoms with Crippen molar-refractivity contribution >= 4 is 17.3 Å². The fourth-order valence-corrected chi connectivity index (χ4v) is 2.45. The van der Waals surface area contributed by atoms with E-state index in [0.29, 0.717) is 5.78 Å². The van der Waals surface area contributed by atoms with Gasteiger partial charge in [0.1, 0.15) is 12.0 Å². The highest BCUT2D eigenvalue weighted by atomic mass is 15.4. The number of imidazole rings is 1. The Bertz CT molecular complexity index is 903. The lowest BCUT2D eigenvalue weighted by molar-refractivity contribution is 0.980. The fraction of sp³-hybridized carbons (Fsp3) is 0.0588. The van der Waals surface area contributed by atoms with Gasteiger partial charge in [0.2, 0.25) is 0 Å². The third-order valence-corrected chi connectivity index (χ3v) is 3.59.